The highest BCUT2D eigenvalue weighted by atomic mass is 35.5. The van der Waals surface area contributed by atoms with Gasteiger partial charge in [0, 0.05) is 32.2 Å². The molecule has 0 aliphatic carbocycles. The number of halogens is 2. The third-order valence-electron chi connectivity index (χ3n) is 5.45. The van der Waals surface area contributed by atoms with E-state index in [2.05, 4.69) is 40.5 Å². The van der Waals surface area contributed by atoms with Crippen molar-refractivity contribution in [3.8, 4) is 0 Å². The maximum absolute atomic E-state index is 6.33. The van der Waals surface area contributed by atoms with Gasteiger partial charge in [-0.2, -0.15) is 0 Å². The molecule has 2 aliphatic rings. The van der Waals surface area contributed by atoms with Crippen LogP contribution in [0.4, 0.5) is 0 Å². The summed E-state index contributed by atoms with van der Waals surface area (Å²) in [6.07, 6.45) is 2.04. The predicted molar refractivity (Wildman–Crippen MR) is 107 cm³/mol. The number of ether oxygens (including phenoxy) is 1. The second kappa shape index (κ2) is 8.28. The molecule has 2 heterocycles. The topological polar surface area (TPSA) is 24.5 Å². The van der Waals surface area contributed by atoms with Crippen LogP contribution in [0.3, 0.4) is 0 Å². The molecular formula is C21H24Cl2N2O. The van der Waals surface area contributed by atoms with Gasteiger partial charge >= 0.3 is 0 Å². The molecule has 0 spiro atoms. The van der Waals surface area contributed by atoms with Gasteiger partial charge in [0.05, 0.1) is 22.8 Å². The Morgan fingerprint density at radius 3 is 2.69 bits per heavy atom. The molecule has 0 bridgehead atoms. The molecule has 5 heteroatoms. The lowest BCUT2D eigenvalue weighted by atomic mass is 9.90. The van der Waals surface area contributed by atoms with Crippen LogP contribution in [0.1, 0.15) is 35.3 Å². The zero-order valence-corrected chi connectivity index (χ0v) is 16.3. The lowest BCUT2D eigenvalue weighted by molar-refractivity contribution is 0.0119. The number of nitrogens with one attached hydrogen (secondary N) is 1. The molecule has 2 aliphatic heterocycles. The number of hydrogen-bond acceptors (Lipinski definition) is 3. The van der Waals surface area contributed by atoms with Crippen LogP contribution in [-0.4, -0.2) is 37.7 Å². The molecule has 2 unspecified atom stereocenters. The van der Waals surface area contributed by atoms with Gasteiger partial charge in [-0.1, -0.05) is 53.5 Å². The van der Waals surface area contributed by atoms with Crippen LogP contribution >= 0.6 is 23.2 Å². The van der Waals surface area contributed by atoms with Crippen molar-refractivity contribution in [2.45, 2.75) is 25.0 Å². The van der Waals surface area contributed by atoms with Crippen molar-refractivity contribution in [1.82, 2.24) is 10.2 Å². The molecule has 0 aromatic heterocycles. The first-order valence-electron chi connectivity index (χ1n) is 9.31. The predicted octanol–water partition coefficient (Wildman–Crippen LogP) is 4.64. The summed E-state index contributed by atoms with van der Waals surface area (Å²) in [6.45, 7) is 4.87. The first-order chi connectivity index (χ1) is 12.7. The molecule has 2 atom stereocenters. The molecule has 2 aromatic rings. The molecule has 26 heavy (non-hydrogen) atoms. The van der Waals surface area contributed by atoms with Crippen LogP contribution in [0.5, 0.6) is 0 Å². The second-order valence-corrected chi connectivity index (χ2v) is 7.83. The average molecular weight is 391 g/mol. The number of rotatable bonds is 4. The van der Waals surface area contributed by atoms with Crippen molar-refractivity contribution in [3.05, 3.63) is 69.2 Å². The lowest BCUT2D eigenvalue weighted by Crippen LogP contribution is -2.45. The van der Waals surface area contributed by atoms with Crippen LogP contribution in [0.25, 0.3) is 0 Å². The summed E-state index contributed by atoms with van der Waals surface area (Å²) >= 11 is 12.5. The lowest BCUT2D eigenvalue weighted by Gasteiger charge is -2.38. The maximum atomic E-state index is 6.33. The van der Waals surface area contributed by atoms with Gasteiger partial charge in [-0.05, 0) is 41.7 Å². The monoisotopic (exact) mass is 390 g/mol. The molecule has 3 nitrogen and oxygen atoms in total. The van der Waals surface area contributed by atoms with Crippen molar-refractivity contribution < 1.29 is 4.74 Å². The van der Waals surface area contributed by atoms with E-state index in [0.717, 1.165) is 45.6 Å². The van der Waals surface area contributed by atoms with Gasteiger partial charge in [-0.3, -0.25) is 4.90 Å². The van der Waals surface area contributed by atoms with Crippen LogP contribution < -0.4 is 5.32 Å². The van der Waals surface area contributed by atoms with Crippen LogP contribution in [0.15, 0.2) is 42.5 Å². The molecule has 0 amide bonds. The Bertz CT molecular complexity index is 761. The van der Waals surface area contributed by atoms with E-state index in [4.69, 9.17) is 27.9 Å². The van der Waals surface area contributed by atoms with Crippen molar-refractivity contribution in [3.63, 3.8) is 0 Å². The van der Waals surface area contributed by atoms with Gasteiger partial charge in [-0.15, -0.1) is 0 Å². The zero-order valence-electron chi connectivity index (χ0n) is 14.8. The fraction of sp³-hybridized carbons (Fsp3) is 0.429. The smallest absolute Gasteiger partial charge is 0.0846 e. The van der Waals surface area contributed by atoms with Crippen molar-refractivity contribution in [1.29, 1.82) is 0 Å². The van der Waals surface area contributed by atoms with E-state index < -0.39 is 0 Å². The number of hydrogen-bond donors (Lipinski definition) is 1. The fourth-order valence-corrected chi connectivity index (χ4v) is 4.39. The summed E-state index contributed by atoms with van der Waals surface area (Å²) in [5.74, 6) is 0. The van der Waals surface area contributed by atoms with Crippen LogP contribution in [0.2, 0.25) is 10.0 Å². The van der Waals surface area contributed by atoms with Gasteiger partial charge in [0.25, 0.3) is 0 Å². The molecule has 138 valence electrons. The molecule has 4 rings (SSSR count). The first kappa shape index (κ1) is 18.3. The number of fused-ring (bicyclic) bond motifs is 1. The average Bonchev–Trinajstić information content (AvgIpc) is 2.69. The molecule has 0 radical (unpaired) electrons. The summed E-state index contributed by atoms with van der Waals surface area (Å²) in [4.78, 5) is 2.54. The minimum absolute atomic E-state index is 0.120. The number of benzene rings is 2. The first-order valence-corrected chi connectivity index (χ1v) is 10.1. The van der Waals surface area contributed by atoms with E-state index in [0.29, 0.717) is 10.0 Å². The minimum atomic E-state index is 0.120. The normalized spacial score (nSPS) is 22.0. The van der Waals surface area contributed by atoms with Gasteiger partial charge in [0.2, 0.25) is 0 Å². The van der Waals surface area contributed by atoms with Gasteiger partial charge in [0.15, 0.2) is 0 Å². The Labute approximate surface area is 165 Å². The van der Waals surface area contributed by atoms with Gasteiger partial charge in [-0.25, -0.2) is 0 Å². The molecule has 1 saturated heterocycles. The standard InChI is InChI=1S/C21H24Cl2N2O/c22-18-6-5-16(13-19(18)23)20(25-10-8-24-9-11-25)14-21-17-4-2-1-3-15(17)7-12-26-21/h1-6,13,20-21,24H,7-12,14H2. The minimum Gasteiger partial charge on any atom is -0.373 e. The van der Waals surface area contributed by atoms with Gasteiger partial charge in [0.1, 0.15) is 0 Å². The number of piperazine rings is 1. The third kappa shape index (κ3) is 3.92. The Morgan fingerprint density at radius 2 is 1.88 bits per heavy atom. The van der Waals surface area contributed by atoms with E-state index in [1.165, 1.54) is 16.7 Å². The molecule has 1 N–H and O–H groups in total. The Hall–Kier alpha value is -1.10. The highest BCUT2D eigenvalue weighted by Gasteiger charge is 2.29. The Morgan fingerprint density at radius 1 is 1.08 bits per heavy atom. The molecule has 1 fully saturated rings. The van der Waals surface area contributed by atoms with E-state index >= 15 is 0 Å². The van der Waals surface area contributed by atoms with Crippen molar-refractivity contribution >= 4 is 23.2 Å². The largest absolute Gasteiger partial charge is 0.373 e. The second-order valence-electron chi connectivity index (χ2n) is 7.02. The maximum Gasteiger partial charge on any atom is 0.0846 e. The van der Waals surface area contributed by atoms with Crippen LogP contribution in [0, 0.1) is 0 Å². The molecule has 2 aromatic carbocycles. The quantitative estimate of drug-likeness (QED) is 0.822. The van der Waals surface area contributed by atoms with E-state index in [1.54, 1.807) is 0 Å². The molecule has 0 saturated carbocycles. The number of nitrogens with zero attached hydrogens (tertiary/aromatic N) is 1. The highest BCUT2D eigenvalue weighted by Crippen LogP contribution is 2.38. The SMILES string of the molecule is Clc1ccc(C(CC2OCCc3ccccc32)N2CCNCC2)cc1Cl. The van der Waals surface area contributed by atoms with Crippen molar-refractivity contribution in [2.24, 2.45) is 0 Å². The summed E-state index contributed by atoms with van der Waals surface area (Å²) in [5.41, 5.74) is 3.96. The summed E-state index contributed by atoms with van der Waals surface area (Å²) < 4.78 is 6.20. The Kier molecular flexibility index (Phi) is 5.82. The summed E-state index contributed by atoms with van der Waals surface area (Å²) in [6, 6.07) is 15.0. The van der Waals surface area contributed by atoms with E-state index in [9.17, 15) is 0 Å². The fourth-order valence-electron chi connectivity index (χ4n) is 4.08. The van der Waals surface area contributed by atoms with E-state index in [-0.39, 0.29) is 12.1 Å². The van der Waals surface area contributed by atoms with Crippen molar-refractivity contribution in [2.75, 3.05) is 32.8 Å². The zero-order chi connectivity index (χ0) is 17.9. The van der Waals surface area contributed by atoms with Gasteiger partial charge < -0.3 is 10.1 Å². The van der Waals surface area contributed by atoms with Crippen LogP contribution in [-0.2, 0) is 11.2 Å². The van der Waals surface area contributed by atoms with E-state index in [1.807, 2.05) is 12.1 Å². The molecular weight excluding hydrogens is 367 g/mol. The third-order valence-corrected chi connectivity index (χ3v) is 6.19. The summed E-state index contributed by atoms with van der Waals surface area (Å²) in [5, 5.41) is 4.67. The Balaban J connectivity index is 1.64. The summed E-state index contributed by atoms with van der Waals surface area (Å²) in [7, 11) is 0. The highest BCUT2D eigenvalue weighted by molar-refractivity contribution is 6.42.